The molecule has 0 aliphatic rings. The Morgan fingerprint density at radius 3 is 2.74 bits per heavy atom. The first-order valence-electron chi connectivity index (χ1n) is 6.00. The normalized spacial score (nSPS) is 10.8. The third-order valence-electron chi connectivity index (χ3n) is 3.26. The number of furan rings is 1. The van der Waals surface area contributed by atoms with Crippen LogP contribution in [-0.4, -0.2) is 15.0 Å². The smallest absolute Gasteiger partial charge is 0.172 e. The summed E-state index contributed by atoms with van der Waals surface area (Å²) in [5, 5.41) is 8.23. The maximum Gasteiger partial charge on any atom is 0.172 e. The molecule has 3 rings (SSSR count). The Bertz CT molecular complexity index is 713. The zero-order chi connectivity index (χ0) is 13.4. The molecule has 19 heavy (non-hydrogen) atoms. The molecule has 2 heterocycles. The number of hydrogen-bond acceptors (Lipinski definition) is 4. The molecule has 0 saturated carbocycles. The summed E-state index contributed by atoms with van der Waals surface area (Å²) in [5.41, 5.74) is 9.93. The van der Waals surface area contributed by atoms with E-state index in [2.05, 4.69) is 23.3 Å². The van der Waals surface area contributed by atoms with E-state index in [1.807, 2.05) is 25.1 Å². The zero-order valence-electron chi connectivity index (χ0n) is 10.8. The Labute approximate surface area is 110 Å². The monoisotopic (exact) mass is 254 g/mol. The molecule has 0 atom stereocenters. The van der Waals surface area contributed by atoms with Crippen molar-refractivity contribution in [1.82, 2.24) is 15.0 Å². The van der Waals surface area contributed by atoms with Gasteiger partial charge in [-0.2, -0.15) is 4.68 Å². The third-order valence-corrected chi connectivity index (χ3v) is 3.26. The van der Waals surface area contributed by atoms with Crippen LogP contribution in [0.4, 0.5) is 5.82 Å². The van der Waals surface area contributed by atoms with Crippen molar-refractivity contribution < 1.29 is 4.42 Å². The quantitative estimate of drug-likeness (QED) is 0.763. The summed E-state index contributed by atoms with van der Waals surface area (Å²) < 4.78 is 6.95. The molecule has 96 valence electrons. The first-order valence-corrected chi connectivity index (χ1v) is 6.00. The number of nitrogen functional groups attached to an aromatic ring is 1. The van der Waals surface area contributed by atoms with Gasteiger partial charge in [-0.3, -0.25) is 0 Å². The van der Waals surface area contributed by atoms with Gasteiger partial charge in [0.25, 0.3) is 0 Å². The Morgan fingerprint density at radius 1 is 1.16 bits per heavy atom. The van der Waals surface area contributed by atoms with Crippen LogP contribution >= 0.6 is 0 Å². The predicted molar refractivity (Wildman–Crippen MR) is 72.9 cm³/mol. The minimum Gasteiger partial charge on any atom is -0.463 e. The zero-order valence-corrected chi connectivity index (χ0v) is 10.8. The maximum atomic E-state index is 6.12. The summed E-state index contributed by atoms with van der Waals surface area (Å²) >= 11 is 0. The lowest BCUT2D eigenvalue weighted by atomic mass is 10.1. The average molecular weight is 254 g/mol. The Hall–Kier alpha value is -2.56. The first kappa shape index (κ1) is 11.5. The van der Waals surface area contributed by atoms with Crippen molar-refractivity contribution in [3.8, 4) is 17.1 Å². The number of aromatic nitrogens is 3. The van der Waals surface area contributed by atoms with Crippen molar-refractivity contribution in [1.29, 1.82) is 0 Å². The molecule has 0 amide bonds. The minimum atomic E-state index is 0.476. The molecule has 0 radical (unpaired) electrons. The standard InChI is InChI=1S/C14H14N4O/c1-9-5-3-6-11(10(9)2)18-14(15)13(16-17-18)12-7-4-8-19-12/h3-8H,15H2,1-2H3. The van der Waals surface area contributed by atoms with E-state index < -0.39 is 0 Å². The van der Waals surface area contributed by atoms with Gasteiger partial charge in [-0.15, -0.1) is 5.10 Å². The summed E-state index contributed by atoms with van der Waals surface area (Å²) in [5.74, 6) is 1.10. The molecule has 0 unspecified atom stereocenters. The van der Waals surface area contributed by atoms with E-state index in [0.29, 0.717) is 17.3 Å². The Kier molecular flexibility index (Phi) is 2.59. The molecule has 3 aromatic rings. The van der Waals surface area contributed by atoms with Crippen LogP contribution in [0.1, 0.15) is 11.1 Å². The second-order valence-corrected chi connectivity index (χ2v) is 4.43. The van der Waals surface area contributed by atoms with Gasteiger partial charge >= 0.3 is 0 Å². The van der Waals surface area contributed by atoms with Crippen molar-refractivity contribution in [2.75, 3.05) is 5.73 Å². The fourth-order valence-electron chi connectivity index (χ4n) is 2.02. The largest absolute Gasteiger partial charge is 0.463 e. The lowest BCUT2D eigenvalue weighted by Gasteiger charge is -2.08. The topological polar surface area (TPSA) is 69.9 Å². The fraction of sp³-hybridized carbons (Fsp3) is 0.143. The maximum absolute atomic E-state index is 6.12. The minimum absolute atomic E-state index is 0.476. The third kappa shape index (κ3) is 1.79. The molecule has 0 spiro atoms. The fourth-order valence-corrected chi connectivity index (χ4v) is 2.02. The molecule has 0 aliphatic heterocycles. The molecule has 0 fully saturated rings. The van der Waals surface area contributed by atoms with Gasteiger partial charge in [-0.1, -0.05) is 17.3 Å². The molecule has 2 aromatic heterocycles. The molecule has 0 aliphatic carbocycles. The molecule has 2 N–H and O–H groups in total. The summed E-state index contributed by atoms with van der Waals surface area (Å²) in [7, 11) is 0. The van der Waals surface area contributed by atoms with Gasteiger partial charge < -0.3 is 10.2 Å². The summed E-state index contributed by atoms with van der Waals surface area (Å²) in [6, 6.07) is 9.61. The van der Waals surface area contributed by atoms with E-state index in [1.165, 1.54) is 5.56 Å². The van der Waals surface area contributed by atoms with Crippen LogP contribution in [0.2, 0.25) is 0 Å². The van der Waals surface area contributed by atoms with E-state index in [-0.39, 0.29) is 0 Å². The number of nitrogens with two attached hydrogens (primary N) is 1. The van der Waals surface area contributed by atoms with Gasteiger partial charge in [0.05, 0.1) is 12.0 Å². The number of hydrogen-bond donors (Lipinski definition) is 1. The molecule has 0 bridgehead atoms. The first-order chi connectivity index (χ1) is 9.18. The lowest BCUT2D eigenvalue weighted by Crippen LogP contribution is -2.04. The summed E-state index contributed by atoms with van der Waals surface area (Å²) in [6.07, 6.45) is 1.59. The predicted octanol–water partition coefficient (Wildman–Crippen LogP) is 2.73. The van der Waals surface area contributed by atoms with E-state index >= 15 is 0 Å². The number of nitrogens with zero attached hydrogens (tertiary/aromatic N) is 3. The summed E-state index contributed by atoms with van der Waals surface area (Å²) in [4.78, 5) is 0. The van der Waals surface area contributed by atoms with Crippen molar-refractivity contribution in [3.05, 3.63) is 47.7 Å². The van der Waals surface area contributed by atoms with Crippen molar-refractivity contribution in [2.45, 2.75) is 13.8 Å². The van der Waals surface area contributed by atoms with Crippen LogP contribution in [0.15, 0.2) is 41.0 Å². The Morgan fingerprint density at radius 2 is 2.00 bits per heavy atom. The molecule has 0 saturated heterocycles. The van der Waals surface area contributed by atoms with E-state index in [4.69, 9.17) is 10.2 Å². The number of aryl methyl sites for hydroxylation is 1. The van der Waals surface area contributed by atoms with Gasteiger partial charge in [0, 0.05) is 0 Å². The van der Waals surface area contributed by atoms with E-state index in [1.54, 1.807) is 17.0 Å². The second-order valence-electron chi connectivity index (χ2n) is 4.43. The molecule has 1 aromatic carbocycles. The van der Waals surface area contributed by atoms with Gasteiger partial charge in [-0.05, 0) is 43.2 Å². The highest BCUT2D eigenvalue weighted by Crippen LogP contribution is 2.27. The van der Waals surface area contributed by atoms with Gasteiger partial charge in [0.1, 0.15) is 0 Å². The van der Waals surface area contributed by atoms with Gasteiger partial charge in [0.2, 0.25) is 0 Å². The average Bonchev–Trinajstić information content (AvgIpc) is 3.02. The molecule has 5 heteroatoms. The molecular weight excluding hydrogens is 240 g/mol. The van der Waals surface area contributed by atoms with Crippen molar-refractivity contribution in [2.24, 2.45) is 0 Å². The van der Waals surface area contributed by atoms with Crippen LogP contribution in [0, 0.1) is 13.8 Å². The molecule has 5 nitrogen and oxygen atoms in total. The van der Waals surface area contributed by atoms with Crippen LogP contribution < -0.4 is 5.73 Å². The van der Waals surface area contributed by atoms with Crippen LogP contribution in [-0.2, 0) is 0 Å². The van der Waals surface area contributed by atoms with Crippen molar-refractivity contribution >= 4 is 5.82 Å². The SMILES string of the molecule is Cc1cccc(-n2nnc(-c3ccco3)c2N)c1C. The van der Waals surface area contributed by atoms with Gasteiger partial charge in [0.15, 0.2) is 17.3 Å². The number of anilines is 1. The molecular formula is C14H14N4O. The number of benzene rings is 1. The van der Waals surface area contributed by atoms with E-state index in [9.17, 15) is 0 Å². The number of rotatable bonds is 2. The van der Waals surface area contributed by atoms with Crippen LogP contribution in [0.25, 0.3) is 17.1 Å². The highest BCUT2D eigenvalue weighted by Gasteiger charge is 2.16. The second kappa shape index (κ2) is 4.28. The highest BCUT2D eigenvalue weighted by molar-refractivity contribution is 5.67. The van der Waals surface area contributed by atoms with E-state index in [0.717, 1.165) is 11.3 Å². The van der Waals surface area contributed by atoms with Gasteiger partial charge in [-0.25, -0.2) is 0 Å². The van der Waals surface area contributed by atoms with Crippen LogP contribution in [0.3, 0.4) is 0 Å². The van der Waals surface area contributed by atoms with Crippen LogP contribution in [0.5, 0.6) is 0 Å². The summed E-state index contributed by atoms with van der Waals surface area (Å²) in [6.45, 7) is 4.09. The van der Waals surface area contributed by atoms with Crippen molar-refractivity contribution in [3.63, 3.8) is 0 Å². The lowest BCUT2D eigenvalue weighted by molar-refractivity contribution is 0.580. The Balaban J connectivity index is 2.15. The highest BCUT2D eigenvalue weighted by atomic mass is 16.3.